The Kier molecular flexibility index (Phi) is 3.28. The van der Waals surface area contributed by atoms with Crippen molar-refractivity contribution >= 4 is 22.6 Å². The van der Waals surface area contributed by atoms with E-state index in [1.807, 2.05) is 26.8 Å². The highest BCUT2D eigenvalue weighted by Gasteiger charge is 2.27. The van der Waals surface area contributed by atoms with Crippen LogP contribution in [-0.2, 0) is 0 Å². The van der Waals surface area contributed by atoms with E-state index >= 15 is 0 Å². The molecule has 0 radical (unpaired) electrons. The fourth-order valence-corrected chi connectivity index (χ4v) is 1.75. The van der Waals surface area contributed by atoms with Gasteiger partial charge in [-0.1, -0.05) is 0 Å². The summed E-state index contributed by atoms with van der Waals surface area (Å²) < 4.78 is 12.7. The number of halogens is 1. The van der Waals surface area contributed by atoms with E-state index in [9.17, 15) is 0 Å². The molecule has 0 saturated heterocycles. The lowest BCUT2D eigenvalue weighted by Crippen LogP contribution is -2.24. The second-order valence-corrected chi connectivity index (χ2v) is 6.12. The van der Waals surface area contributed by atoms with Gasteiger partial charge < -0.3 is 9.47 Å². The SMILES string of the molecule is CC(C)(C)Oc1nccc(I)c1OC1CC1. The van der Waals surface area contributed by atoms with Gasteiger partial charge in [-0.2, -0.15) is 0 Å². The van der Waals surface area contributed by atoms with Crippen molar-refractivity contribution in [1.82, 2.24) is 4.98 Å². The van der Waals surface area contributed by atoms with E-state index in [1.54, 1.807) is 6.20 Å². The molecule has 1 heterocycles. The molecular weight excluding hydrogens is 317 g/mol. The first-order valence-electron chi connectivity index (χ1n) is 5.46. The summed E-state index contributed by atoms with van der Waals surface area (Å²) in [5, 5.41) is 0. The second kappa shape index (κ2) is 4.39. The molecule has 2 rings (SSSR count). The zero-order valence-corrected chi connectivity index (χ0v) is 11.9. The molecule has 0 N–H and O–H groups in total. The lowest BCUT2D eigenvalue weighted by molar-refractivity contribution is 0.115. The molecule has 0 atom stereocenters. The van der Waals surface area contributed by atoms with Crippen molar-refractivity contribution in [3.63, 3.8) is 0 Å². The van der Waals surface area contributed by atoms with E-state index in [2.05, 4.69) is 27.6 Å². The molecule has 88 valence electrons. The summed E-state index contributed by atoms with van der Waals surface area (Å²) in [6.07, 6.45) is 4.39. The van der Waals surface area contributed by atoms with Crippen molar-refractivity contribution in [1.29, 1.82) is 0 Å². The molecule has 0 spiro atoms. The average Bonchev–Trinajstić information content (AvgIpc) is 2.92. The molecule has 0 aromatic carbocycles. The van der Waals surface area contributed by atoms with E-state index < -0.39 is 0 Å². The second-order valence-electron chi connectivity index (χ2n) is 4.96. The maximum absolute atomic E-state index is 5.84. The first kappa shape index (κ1) is 12.0. The summed E-state index contributed by atoms with van der Waals surface area (Å²) >= 11 is 2.25. The van der Waals surface area contributed by atoms with Gasteiger partial charge in [-0.25, -0.2) is 4.98 Å². The van der Waals surface area contributed by atoms with E-state index in [-0.39, 0.29) is 5.60 Å². The number of ether oxygens (including phenoxy) is 2. The molecule has 0 unspecified atom stereocenters. The third kappa shape index (κ3) is 3.23. The van der Waals surface area contributed by atoms with Crippen LogP contribution in [0.15, 0.2) is 12.3 Å². The van der Waals surface area contributed by atoms with Gasteiger partial charge in [-0.05, 0) is 62.3 Å². The summed E-state index contributed by atoms with van der Waals surface area (Å²) in [4.78, 5) is 4.25. The highest BCUT2D eigenvalue weighted by Crippen LogP contribution is 2.36. The zero-order valence-electron chi connectivity index (χ0n) is 9.79. The maximum Gasteiger partial charge on any atom is 0.258 e. The van der Waals surface area contributed by atoms with Crippen LogP contribution in [-0.4, -0.2) is 16.7 Å². The van der Waals surface area contributed by atoms with Crippen LogP contribution in [0.2, 0.25) is 0 Å². The minimum Gasteiger partial charge on any atom is -0.484 e. The summed E-state index contributed by atoms with van der Waals surface area (Å²) in [5.41, 5.74) is -0.251. The van der Waals surface area contributed by atoms with E-state index in [0.717, 1.165) is 22.2 Å². The minimum absolute atomic E-state index is 0.251. The lowest BCUT2D eigenvalue weighted by Gasteiger charge is -2.22. The van der Waals surface area contributed by atoms with Crippen molar-refractivity contribution < 1.29 is 9.47 Å². The molecule has 16 heavy (non-hydrogen) atoms. The summed E-state index contributed by atoms with van der Waals surface area (Å²) in [7, 11) is 0. The number of nitrogens with zero attached hydrogens (tertiary/aromatic N) is 1. The fraction of sp³-hybridized carbons (Fsp3) is 0.583. The quantitative estimate of drug-likeness (QED) is 0.795. The molecule has 1 aromatic heterocycles. The molecule has 1 saturated carbocycles. The Morgan fingerprint density at radius 2 is 2.06 bits per heavy atom. The average molecular weight is 333 g/mol. The number of hydrogen-bond donors (Lipinski definition) is 0. The number of hydrogen-bond acceptors (Lipinski definition) is 3. The Labute approximate surface area is 110 Å². The Hall–Kier alpha value is -0.520. The number of rotatable bonds is 3. The van der Waals surface area contributed by atoms with E-state index in [4.69, 9.17) is 9.47 Å². The van der Waals surface area contributed by atoms with E-state index in [1.165, 1.54) is 0 Å². The molecule has 1 fully saturated rings. The predicted octanol–water partition coefficient (Wildman–Crippen LogP) is 3.40. The van der Waals surface area contributed by atoms with Crippen LogP contribution < -0.4 is 9.47 Å². The van der Waals surface area contributed by atoms with Gasteiger partial charge in [0.05, 0.1) is 9.67 Å². The minimum atomic E-state index is -0.251. The monoisotopic (exact) mass is 333 g/mol. The molecule has 1 aromatic rings. The highest BCUT2D eigenvalue weighted by atomic mass is 127. The Morgan fingerprint density at radius 1 is 1.38 bits per heavy atom. The smallest absolute Gasteiger partial charge is 0.258 e. The van der Waals surface area contributed by atoms with Gasteiger partial charge in [0.2, 0.25) is 0 Å². The first-order valence-corrected chi connectivity index (χ1v) is 6.54. The standard InChI is InChI=1S/C12H16INO2/c1-12(2,3)16-11-10(15-8-4-5-8)9(13)6-7-14-11/h6-8H,4-5H2,1-3H3. The fourth-order valence-electron chi connectivity index (χ4n) is 1.23. The Morgan fingerprint density at radius 3 is 2.62 bits per heavy atom. The molecule has 4 heteroatoms. The molecule has 3 nitrogen and oxygen atoms in total. The largest absolute Gasteiger partial charge is 0.484 e. The zero-order chi connectivity index (χ0) is 11.8. The summed E-state index contributed by atoms with van der Waals surface area (Å²) in [6.45, 7) is 6.03. The van der Waals surface area contributed by atoms with Gasteiger partial charge >= 0.3 is 0 Å². The van der Waals surface area contributed by atoms with Gasteiger partial charge in [-0.3, -0.25) is 0 Å². The normalized spacial score (nSPS) is 16.0. The van der Waals surface area contributed by atoms with Crippen molar-refractivity contribution in [3.8, 4) is 11.6 Å². The maximum atomic E-state index is 5.84. The molecule has 0 aliphatic heterocycles. The van der Waals surface area contributed by atoms with Crippen LogP contribution in [0.4, 0.5) is 0 Å². The highest BCUT2D eigenvalue weighted by molar-refractivity contribution is 14.1. The van der Waals surface area contributed by atoms with E-state index in [0.29, 0.717) is 12.0 Å². The van der Waals surface area contributed by atoms with Gasteiger partial charge in [0, 0.05) is 6.20 Å². The molecule has 1 aliphatic rings. The predicted molar refractivity (Wildman–Crippen MR) is 71.0 cm³/mol. The van der Waals surface area contributed by atoms with Crippen molar-refractivity contribution in [2.45, 2.75) is 45.3 Å². The summed E-state index contributed by atoms with van der Waals surface area (Å²) in [6, 6.07) is 1.94. The Bertz CT molecular complexity index is 383. The topological polar surface area (TPSA) is 31.4 Å². The number of aromatic nitrogens is 1. The molecule has 0 amide bonds. The van der Waals surface area contributed by atoms with Crippen LogP contribution >= 0.6 is 22.6 Å². The first-order chi connectivity index (χ1) is 7.46. The van der Waals surface area contributed by atoms with Crippen LogP contribution in [0.5, 0.6) is 11.6 Å². The van der Waals surface area contributed by atoms with Crippen molar-refractivity contribution in [3.05, 3.63) is 15.8 Å². The van der Waals surface area contributed by atoms with Crippen LogP contribution in [0.1, 0.15) is 33.6 Å². The van der Waals surface area contributed by atoms with Crippen LogP contribution in [0.25, 0.3) is 0 Å². The van der Waals surface area contributed by atoms with Crippen molar-refractivity contribution in [2.75, 3.05) is 0 Å². The van der Waals surface area contributed by atoms with Crippen molar-refractivity contribution in [2.24, 2.45) is 0 Å². The lowest BCUT2D eigenvalue weighted by atomic mass is 10.2. The Balaban J connectivity index is 2.24. The third-order valence-corrected chi connectivity index (χ3v) is 2.89. The van der Waals surface area contributed by atoms with Gasteiger partial charge in [0.15, 0.2) is 5.75 Å². The number of pyridine rings is 1. The van der Waals surface area contributed by atoms with Gasteiger partial charge in [0.1, 0.15) is 5.60 Å². The summed E-state index contributed by atoms with van der Waals surface area (Å²) in [5.74, 6) is 1.40. The molecule has 0 bridgehead atoms. The van der Waals surface area contributed by atoms with Crippen LogP contribution in [0, 0.1) is 3.57 Å². The van der Waals surface area contributed by atoms with Gasteiger partial charge in [-0.15, -0.1) is 0 Å². The third-order valence-electron chi connectivity index (χ3n) is 2.04. The molecule has 1 aliphatic carbocycles. The molecular formula is C12H16INO2. The van der Waals surface area contributed by atoms with Crippen LogP contribution in [0.3, 0.4) is 0 Å². The van der Waals surface area contributed by atoms with Gasteiger partial charge in [0.25, 0.3) is 5.88 Å².